The fourth-order valence-electron chi connectivity index (χ4n) is 2.12. The number of carbonyl (C=O) groups excluding carboxylic acids is 2. The number of carbonyl (C=O) groups is 2. The zero-order valence-corrected chi connectivity index (χ0v) is 13.6. The van der Waals surface area contributed by atoms with Crippen LogP contribution in [-0.4, -0.2) is 31.1 Å². The topological polar surface area (TPSA) is 58.6 Å². The number of methoxy groups -OCH3 is 1. The number of hydrogen-bond acceptors (Lipinski definition) is 3. The molecule has 1 aliphatic heterocycles. The van der Waals surface area contributed by atoms with E-state index >= 15 is 0 Å². The fourth-order valence-corrected chi connectivity index (χ4v) is 2.47. The second-order valence-electron chi connectivity index (χ2n) is 4.48. The third kappa shape index (κ3) is 2.65. The fraction of sp³-hybridized carbons (Fsp3) is 0.286. The summed E-state index contributed by atoms with van der Waals surface area (Å²) < 4.78 is 5.93. The molecule has 1 aliphatic rings. The second-order valence-corrected chi connectivity index (χ2v) is 5.73. The molecule has 1 atom stereocenters. The van der Waals surface area contributed by atoms with E-state index in [4.69, 9.17) is 4.74 Å². The lowest BCUT2D eigenvalue weighted by Crippen LogP contribution is -2.46. The van der Waals surface area contributed by atoms with E-state index in [0.29, 0.717) is 11.3 Å². The van der Waals surface area contributed by atoms with E-state index in [1.807, 2.05) is 24.3 Å². The van der Waals surface area contributed by atoms with Crippen molar-refractivity contribution in [2.24, 2.45) is 0 Å². The number of halogens is 1. The van der Waals surface area contributed by atoms with Crippen LogP contribution in [0.25, 0.3) is 0 Å². The Morgan fingerprint density at radius 3 is 2.50 bits per heavy atom. The van der Waals surface area contributed by atoms with Crippen molar-refractivity contribution < 1.29 is 14.3 Å². The minimum Gasteiger partial charge on any atom is -0.466 e. The van der Waals surface area contributed by atoms with E-state index in [2.05, 4.69) is 27.9 Å². The molecule has 0 aromatic heterocycles. The van der Waals surface area contributed by atoms with E-state index in [1.165, 1.54) is 12.0 Å². The molecule has 0 saturated heterocycles. The highest BCUT2D eigenvalue weighted by Gasteiger charge is 2.34. The van der Waals surface area contributed by atoms with Crippen LogP contribution in [0, 0.1) is 3.57 Å². The molecule has 5 nitrogen and oxygen atoms in total. The lowest BCUT2D eigenvalue weighted by molar-refractivity contribution is -0.136. The highest BCUT2D eigenvalue weighted by Crippen LogP contribution is 2.30. The molecule has 20 heavy (non-hydrogen) atoms. The van der Waals surface area contributed by atoms with Crippen LogP contribution in [0.2, 0.25) is 0 Å². The highest BCUT2D eigenvalue weighted by atomic mass is 127. The predicted molar refractivity (Wildman–Crippen MR) is 82.9 cm³/mol. The molecular formula is C14H15IN2O3. The number of rotatable bonds is 2. The third-order valence-corrected chi connectivity index (χ3v) is 4.08. The maximum absolute atomic E-state index is 12.0. The van der Waals surface area contributed by atoms with Crippen molar-refractivity contribution in [2.75, 3.05) is 14.2 Å². The van der Waals surface area contributed by atoms with Gasteiger partial charge in [0.25, 0.3) is 0 Å². The zero-order chi connectivity index (χ0) is 14.9. The van der Waals surface area contributed by atoms with Crippen molar-refractivity contribution in [3.63, 3.8) is 0 Å². The molecule has 106 valence electrons. The summed E-state index contributed by atoms with van der Waals surface area (Å²) in [5.41, 5.74) is 1.91. The van der Waals surface area contributed by atoms with Gasteiger partial charge in [-0.15, -0.1) is 0 Å². The molecule has 1 N–H and O–H groups in total. The molecular weight excluding hydrogens is 371 g/mol. The number of urea groups is 1. The number of nitrogens with zero attached hydrogens (tertiary/aromatic N) is 1. The number of allylic oxidation sites excluding steroid dienone is 1. The summed E-state index contributed by atoms with van der Waals surface area (Å²) in [6.45, 7) is 1.74. The van der Waals surface area contributed by atoms with Crippen LogP contribution < -0.4 is 5.32 Å². The average Bonchev–Trinajstić information content (AvgIpc) is 2.44. The van der Waals surface area contributed by atoms with Gasteiger partial charge in [0.15, 0.2) is 0 Å². The summed E-state index contributed by atoms with van der Waals surface area (Å²) in [7, 11) is 2.96. The Morgan fingerprint density at radius 1 is 1.35 bits per heavy atom. The first-order valence-electron chi connectivity index (χ1n) is 6.04. The Morgan fingerprint density at radius 2 is 1.95 bits per heavy atom. The maximum Gasteiger partial charge on any atom is 0.337 e. The number of amides is 2. The van der Waals surface area contributed by atoms with Gasteiger partial charge in [0.05, 0.1) is 18.7 Å². The van der Waals surface area contributed by atoms with Crippen LogP contribution in [0.15, 0.2) is 35.5 Å². The molecule has 1 aromatic carbocycles. The molecule has 0 fully saturated rings. The van der Waals surface area contributed by atoms with Gasteiger partial charge in [-0.05, 0) is 47.2 Å². The van der Waals surface area contributed by atoms with E-state index in [9.17, 15) is 9.59 Å². The number of esters is 1. The molecule has 0 radical (unpaired) electrons. The molecule has 2 amide bonds. The van der Waals surface area contributed by atoms with Crippen LogP contribution in [0.1, 0.15) is 18.5 Å². The minimum atomic E-state index is -0.483. The SMILES string of the molecule is COC(=O)C1=C(C)N(C)C(=O)NC1c1ccc(I)cc1. The molecule has 0 saturated carbocycles. The largest absolute Gasteiger partial charge is 0.466 e. The van der Waals surface area contributed by atoms with Crippen LogP contribution in [0.3, 0.4) is 0 Å². The Labute approximate surface area is 131 Å². The molecule has 6 heteroatoms. The smallest absolute Gasteiger partial charge is 0.337 e. The van der Waals surface area contributed by atoms with Crippen molar-refractivity contribution in [3.8, 4) is 0 Å². The Hall–Kier alpha value is -1.57. The Kier molecular flexibility index (Phi) is 4.32. The zero-order valence-electron chi connectivity index (χ0n) is 11.4. The standard InChI is InChI=1S/C14H15IN2O3/c1-8-11(13(18)20-3)12(16-14(19)17(8)2)9-4-6-10(15)7-5-9/h4-7,12H,1-3H3,(H,16,19). The average molecular weight is 386 g/mol. The molecule has 1 aromatic rings. The van der Waals surface area contributed by atoms with Crippen LogP contribution in [-0.2, 0) is 9.53 Å². The molecule has 0 bridgehead atoms. The lowest BCUT2D eigenvalue weighted by Gasteiger charge is -2.33. The van der Waals surface area contributed by atoms with E-state index in [0.717, 1.165) is 9.13 Å². The maximum atomic E-state index is 12.0. The molecule has 0 spiro atoms. The summed E-state index contributed by atoms with van der Waals surface area (Å²) in [6.07, 6.45) is 0. The first-order valence-corrected chi connectivity index (χ1v) is 7.12. The Balaban J connectivity index is 2.51. The van der Waals surface area contributed by atoms with Gasteiger partial charge in [-0.1, -0.05) is 12.1 Å². The summed E-state index contributed by atoms with van der Waals surface area (Å²) in [4.78, 5) is 25.4. The van der Waals surface area contributed by atoms with Crippen molar-refractivity contribution in [3.05, 3.63) is 44.7 Å². The van der Waals surface area contributed by atoms with Crippen molar-refractivity contribution in [2.45, 2.75) is 13.0 Å². The van der Waals surface area contributed by atoms with Gasteiger partial charge < -0.3 is 15.0 Å². The highest BCUT2D eigenvalue weighted by molar-refractivity contribution is 14.1. The number of hydrogen-bond donors (Lipinski definition) is 1. The van der Waals surface area contributed by atoms with Crippen LogP contribution in [0.5, 0.6) is 0 Å². The van der Waals surface area contributed by atoms with Crippen LogP contribution in [0.4, 0.5) is 4.79 Å². The van der Waals surface area contributed by atoms with Crippen LogP contribution >= 0.6 is 22.6 Å². The van der Waals surface area contributed by atoms with E-state index in [-0.39, 0.29) is 6.03 Å². The predicted octanol–water partition coefficient (Wildman–Crippen LogP) is 2.43. The van der Waals surface area contributed by atoms with E-state index in [1.54, 1.807) is 14.0 Å². The first-order chi connectivity index (χ1) is 9.45. The normalized spacial score (nSPS) is 18.9. The summed E-state index contributed by atoms with van der Waals surface area (Å²) in [5.74, 6) is -0.432. The van der Waals surface area contributed by atoms with Gasteiger partial charge in [-0.3, -0.25) is 0 Å². The minimum absolute atomic E-state index is 0.237. The monoisotopic (exact) mass is 386 g/mol. The third-order valence-electron chi connectivity index (χ3n) is 3.36. The molecule has 0 aliphatic carbocycles. The molecule has 1 heterocycles. The number of ether oxygens (including phenoxy) is 1. The van der Waals surface area contributed by atoms with E-state index < -0.39 is 12.0 Å². The number of benzene rings is 1. The summed E-state index contributed by atoms with van der Waals surface area (Å²) in [6, 6.07) is 6.94. The first kappa shape index (κ1) is 14.8. The van der Waals surface area contributed by atoms with Crippen molar-refractivity contribution in [1.82, 2.24) is 10.2 Å². The quantitative estimate of drug-likeness (QED) is 0.628. The van der Waals surface area contributed by atoms with Gasteiger partial charge >= 0.3 is 12.0 Å². The molecule has 2 rings (SSSR count). The Bertz CT molecular complexity index is 581. The number of nitrogens with one attached hydrogen (secondary N) is 1. The van der Waals surface area contributed by atoms with Gasteiger partial charge in [0, 0.05) is 16.3 Å². The lowest BCUT2D eigenvalue weighted by atomic mass is 9.95. The second kappa shape index (κ2) is 5.82. The van der Waals surface area contributed by atoms with Gasteiger partial charge in [0.2, 0.25) is 0 Å². The van der Waals surface area contributed by atoms with Crippen molar-refractivity contribution in [1.29, 1.82) is 0 Å². The molecule has 1 unspecified atom stereocenters. The summed E-state index contributed by atoms with van der Waals surface area (Å²) >= 11 is 2.21. The van der Waals surface area contributed by atoms with Gasteiger partial charge in [0.1, 0.15) is 0 Å². The summed E-state index contributed by atoms with van der Waals surface area (Å²) in [5, 5.41) is 2.82. The van der Waals surface area contributed by atoms with Gasteiger partial charge in [-0.25, -0.2) is 9.59 Å². The van der Waals surface area contributed by atoms with Gasteiger partial charge in [-0.2, -0.15) is 0 Å². The van der Waals surface area contributed by atoms with Crippen molar-refractivity contribution >= 4 is 34.6 Å².